The third-order valence-corrected chi connectivity index (χ3v) is 1.94. The lowest BCUT2D eigenvalue weighted by atomic mass is 10.1. The monoisotopic (exact) mass is 233 g/mol. The molecule has 2 N–H and O–H groups in total. The SMILES string of the molecule is CC(=O)c1ccccc1NC(=O)/C=C/C(=O)O. The minimum absolute atomic E-state index is 0.178. The van der Waals surface area contributed by atoms with Crippen molar-refractivity contribution in [3.8, 4) is 0 Å². The van der Waals surface area contributed by atoms with Crippen LogP contribution in [0, 0.1) is 0 Å². The molecule has 0 radical (unpaired) electrons. The summed E-state index contributed by atoms with van der Waals surface area (Å²) in [5, 5.41) is 10.8. The summed E-state index contributed by atoms with van der Waals surface area (Å²) in [6.45, 7) is 1.39. The first-order valence-corrected chi connectivity index (χ1v) is 4.82. The van der Waals surface area contributed by atoms with E-state index in [9.17, 15) is 14.4 Å². The molecule has 1 aromatic rings. The molecular formula is C12H11NO4. The Morgan fingerprint density at radius 3 is 2.41 bits per heavy atom. The number of carboxylic acids is 1. The number of rotatable bonds is 4. The maximum absolute atomic E-state index is 11.3. The van der Waals surface area contributed by atoms with Crippen LogP contribution in [-0.4, -0.2) is 22.8 Å². The normalized spacial score (nSPS) is 10.2. The van der Waals surface area contributed by atoms with Gasteiger partial charge in [0.2, 0.25) is 5.91 Å². The highest BCUT2D eigenvalue weighted by Crippen LogP contribution is 2.15. The van der Waals surface area contributed by atoms with Gasteiger partial charge < -0.3 is 10.4 Å². The summed E-state index contributed by atoms with van der Waals surface area (Å²) in [5.41, 5.74) is 0.740. The van der Waals surface area contributed by atoms with Crippen LogP contribution < -0.4 is 5.32 Å². The highest BCUT2D eigenvalue weighted by atomic mass is 16.4. The van der Waals surface area contributed by atoms with E-state index in [4.69, 9.17) is 5.11 Å². The van der Waals surface area contributed by atoms with Crippen molar-refractivity contribution in [1.29, 1.82) is 0 Å². The van der Waals surface area contributed by atoms with E-state index >= 15 is 0 Å². The van der Waals surface area contributed by atoms with Crippen LogP contribution in [0.2, 0.25) is 0 Å². The minimum Gasteiger partial charge on any atom is -0.478 e. The lowest BCUT2D eigenvalue weighted by molar-refractivity contribution is -0.131. The van der Waals surface area contributed by atoms with Gasteiger partial charge in [-0.1, -0.05) is 12.1 Å². The first kappa shape index (κ1) is 12.6. The smallest absolute Gasteiger partial charge is 0.328 e. The fourth-order valence-corrected chi connectivity index (χ4v) is 1.22. The van der Waals surface area contributed by atoms with Gasteiger partial charge in [-0.2, -0.15) is 0 Å². The van der Waals surface area contributed by atoms with E-state index in [1.54, 1.807) is 24.3 Å². The largest absolute Gasteiger partial charge is 0.478 e. The molecule has 0 saturated heterocycles. The number of ketones is 1. The summed E-state index contributed by atoms with van der Waals surface area (Å²) in [5.74, 6) is -1.98. The van der Waals surface area contributed by atoms with Crippen LogP contribution in [0.5, 0.6) is 0 Å². The molecule has 17 heavy (non-hydrogen) atoms. The molecule has 88 valence electrons. The fourth-order valence-electron chi connectivity index (χ4n) is 1.22. The maximum Gasteiger partial charge on any atom is 0.328 e. The molecular weight excluding hydrogens is 222 g/mol. The third kappa shape index (κ3) is 3.90. The third-order valence-electron chi connectivity index (χ3n) is 1.94. The Balaban J connectivity index is 2.85. The number of para-hydroxylation sites is 1. The molecule has 0 unspecified atom stereocenters. The van der Waals surface area contributed by atoms with Crippen LogP contribution in [0.1, 0.15) is 17.3 Å². The number of aliphatic carboxylic acids is 1. The van der Waals surface area contributed by atoms with E-state index in [0.717, 1.165) is 12.2 Å². The topological polar surface area (TPSA) is 83.5 Å². The van der Waals surface area contributed by atoms with Gasteiger partial charge in [0.05, 0.1) is 5.69 Å². The number of anilines is 1. The first-order chi connectivity index (χ1) is 8.00. The van der Waals surface area contributed by atoms with Gasteiger partial charge in [-0.25, -0.2) is 4.79 Å². The van der Waals surface area contributed by atoms with Gasteiger partial charge >= 0.3 is 5.97 Å². The summed E-state index contributed by atoms with van der Waals surface area (Å²) in [6.07, 6.45) is 1.62. The highest BCUT2D eigenvalue weighted by Gasteiger charge is 2.07. The van der Waals surface area contributed by atoms with Gasteiger partial charge in [0.1, 0.15) is 0 Å². The first-order valence-electron chi connectivity index (χ1n) is 4.82. The van der Waals surface area contributed by atoms with Crippen LogP contribution in [0.4, 0.5) is 5.69 Å². The second-order valence-corrected chi connectivity index (χ2v) is 3.26. The van der Waals surface area contributed by atoms with Crippen molar-refractivity contribution in [2.24, 2.45) is 0 Å². The number of carbonyl (C=O) groups is 3. The fraction of sp³-hybridized carbons (Fsp3) is 0.0833. The molecule has 0 bridgehead atoms. The van der Waals surface area contributed by atoms with E-state index in [-0.39, 0.29) is 5.78 Å². The summed E-state index contributed by atoms with van der Waals surface area (Å²) in [6, 6.07) is 6.50. The van der Waals surface area contributed by atoms with E-state index in [2.05, 4.69) is 5.32 Å². The number of Topliss-reactive ketones (excluding diaryl/α,β-unsaturated/α-hetero) is 1. The molecule has 0 aliphatic heterocycles. The highest BCUT2D eigenvalue weighted by molar-refractivity contribution is 6.07. The maximum atomic E-state index is 11.3. The number of hydrogen-bond donors (Lipinski definition) is 2. The Bertz CT molecular complexity index is 491. The second kappa shape index (κ2) is 5.60. The van der Waals surface area contributed by atoms with Gasteiger partial charge in [0.15, 0.2) is 5.78 Å². The van der Waals surface area contributed by atoms with Gasteiger partial charge in [-0.3, -0.25) is 9.59 Å². The zero-order valence-corrected chi connectivity index (χ0v) is 9.14. The summed E-state index contributed by atoms with van der Waals surface area (Å²) in [4.78, 5) is 32.8. The van der Waals surface area contributed by atoms with Crippen molar-refractivity contribution < 1.29 is 19.5 Å². The molecule has 0 saturated carbocycles. The lowest BCUT2D eigenvalue weighted by Gasteiger charge is -2.06. The molecule has 0 aromatic heterocycles. The van der Waals surface area contributed by atoms with E-state index in [0.29, 0.717) is 11.3 Å². The van der Waals surface area contributed by atoms with Crippen LogP contribution >= 0.6 is 0 Å². The van der Waals surface area contributed by atoms with Crippen molar-refractivity contribution in [1.82, 2.24) is 0 Å². The van der Waals surface area contributed by atoms with Crippen molar-refractivity contribution in [2.75, 3.05) is 5.32 Å². The van der Waals surface area contributed by atoms with Crippen molar-refractivity contribution in [3.63, 3.8) is 0 Å². The summed E-state index contributed by atoms with van der Waals surface area (Å²) >= 11 is 0. The Labute approximate surface area is 97.8 Å². The standard InChI is InChI=1S/C12H11NO4/c1-8(14)9-4-2-3-5-10(9)13-11(15)6-7-12(16)17/h2-7H,1H3,(H,13,15)(H,16,17)/b7-6+. The number of nitrogens with one attached hydrogen (secondary N) is 1. The number of hydrogen-bond acceptors (Lipinski definition) is 3. The van der Waals surface area contributed by atoms with Gasteiger partial charge in [0, 0.05) is 17.7 Å². The molecule has 0 atom stereocenters. The van der Waals surface area contributed by atoms with Crippen LogP contribution in [-0.2, 0) is 9.59 Å². The number of benzene rings is 1. The average molecular weight is 233 g/mol. The molecule has 1 aromatic carbocycles. The quantitative estimate of drug-likeness (QED) is 0.609. The van der Waals surface area contributed by atoms with Crippen molar-refractivity contribution >= 4 is 23.3 Å². The zero-order valence-electron chi connectivity index (χ0n) is 9.14. The van der Waals surface area contributed by atoms with E-state index in [1.807, 2.05) is 0 Å². The Morgan fingerprint density at radius 1 is 1.18 bits per heavy atom. The van der Waals surface area contributed by atoms with E-state index < -0.39 is 11.9 Å². The molecule has 0 heterocycles. The molecule has 1 amide bonds. The van der Waals surface area contributed by atoms with Crippen LogP contribution in [0.25, 0.3) is 0 Å². The van der Waals surface area contributed by atoms with Crippen molar-refractivity contribution in [3.05, 3.63) is 42.0 Å². The molecule has 1 rings (SSSR count). The van der Waals surface area contributed by atoms with Gasteiger partial charge in [0.25, 0.3) is 0 Å². The summed E-state index contributed by atoms with van der Waals surface area (Å²) in [7, 11) is 0. The second-order valence-electron chi connectivity index (χ2n) is 3.26. The number of carbonyl (C=O) groups excluding carboxylic acids is 2. The predicted octanol–water partition coefficient (Wildman–Crippen LogP) is 1.47. The minimum atomic E-state index is -1.21. The molecule has 0 fully saturated rings. The predicted molar refractivity (Wildman–Crippen MR) is 61.9 cm³/mol. The molecule has 0 aliphatic carbocycles. The Hall–Kier alpha value is -2.43. The van der Waals surface area contributed by atoms with Gasteiger partial charge in [-0.05, 0) is 19.1 Å². The Morgan fingerprint density at radius 2 is 1.82 bits per heavy atom. The molecule has 5 heteroatoms. The lowest BCUT2D eigenvalue weighted by Crippen LogP contribution is -2.11. The van der Waals surface area contributed by atoms with Gasteiger partial charge in [-0.15, -0.1) is 0 Å². The molecule has 0 aliphatic rings. The van der Waals surface area contributed by atoms with Crippen LogP contribution in [0.15, 0.2) is 36.4 Å². The Kier molecular flexibility index (Phi) is 4.16. The van der Waals surface area contributed by atoms with E-state index in [1.165, 1.54) is 6.92 Å². The van der Waals surface area contributed by atoms with Crippen LogP contribution in [0.3, 0.4) is 0 Å². The number of carboxylic acid groups (broad SMARTS) is 1. The molecule has 0 spiro atoms. The number of amides is 1. The molecule has 5 nitrogen and oxygen atoms in total. The average Bonchev–Trinajstić information content (AvgIpc) is 2.27. The summed E-state index contributed by atoms with van der Waals surface area (Å²) < 4.78 is 0. The van der Waals surface area contributed by atoms with Crippen molar-refractivity contribution in [2.45, 2.75) is 6.92 Å². The zero-order chi connectivity index (χ0) is 12.8.